The van der Waals surface area contributed by atoms with Gasteiger partial charge in [-0.3, -0.25) is 4.79 Å². The maximum Gasteiger partial charge on any atom is 0.254 e. The predicted molar refractivity (Wildman–Crippen MR) is 105 cm³/mol. The number of hydrogen-bond donors (Lipinski definition) is 1. The second-order valence-electron chi connectivity index (χ2n) is 6.23. The molecule has 2 rings (SSSR count). The first kappa shape index (κ1) is 22.3. The Labute approximate surface area is 169 Å². The molecule has 0 saturated heterocycles. The molecule has 28 heavy (non-hydrogen) atoms. The summed E-state index contributed by atoms with van der Waals surface area (Å²) in [5, 5.41) is 0.218. The molecule has 2 aromatic rings. The molecule has 0 aliphatic carbocycles. The first-order valence-electron chi connectivity index (χ1n) is 8.45. The normalized spacial score (nSPS) is 11.5. The highest BCUT2D eigenvalue weighted by molar-refractivity contribution is 7.89. The van der Waals surface area contributed by atoms with Gasteiger partial charge in [-0.25, -0.2) is 17.5 Å². The molecule has 0 spiro atoms. The number of carbonyl (C=O) groups excluding carboxylic acids is 1. The van der Waals surface area contributed by atoms with E-state index in [2.05, 4.69) is 4.72 Å². The third-order valence-electron chi connectivity index (χ3n) is 4.15. The van der Waals surface area contributed by atoms with Gasteiger partial charge in [0, 0.05) is 43.4 Å². The SMILES string of the molecule is COCCNS(=O)(=O)c1ccc(C)c(C(=O)N(C)Cc2c(F)cccc2Cl)c1. The van der Waals surface area contributed by atoms with Crippen molar-refractivity contribution in [1.29, 1.82) is 0 Å². The van der Waals surface area contributed by atoms with Gasteiger partial charge in [-0.1, -0.05) is 23.7 Å². The predicted octanol–water partition coefficient (Wildman–Crippen LogP) is 2.98. The van der Waals surface area contributed by atoms with Crippen molar-refractivity contribution in [3.8, 4) is 0 Å². The number of rotatable bonds is 8. The van der Waals surface area contributed by atoms with Crippen LogP contribution < -0.4 is 4.72 Å². The summed E-state index contributed by atoms with van der Waals surface area (Å²) in [5.74, 6) is -0.951. The van der Waals surface area contributed by atoms with Crippen LogP contribution in [-0.4, -0.2) is 46.5 Å². The lowest BCUT2D eigenvalue weighted by Crippen LogP contribution is -2.29. The van der Waals surface area contributed by atoms with Crippen molar-refractivity contribution >= 4 is 27.5 Å². The van der Waals surface area contributed by atoms with E-state index in [1.807, 2.05) is 0 Å². The second kappa shape index (κ2) is 9.47. The fraction of sp³-hybridized carbons (Fsp3) is 0.316. The van der Waals surface area contributed by atoms with Crippen LogP contribution in [0.15, 0.2) is 41.3 Å². The number of aryl methyl sites for hydroxylation is 1. The van der Waals surface area contributed by atoms with Crippen LogP contribution in [0.25, 0.3) is 0 Å². The van der Waals surface area contributed by atoms with Crippen LogP contribution in [0.4, 0.5) is 4.39 Å². The van der Waals surface area contributed by atoms with Crippen molar-refractivity contribution in [3.63, 3.8) is 0 Å². The van der Waals surface area contributed by atoms with E-state index >= 15 is 0 Å². The van der Waals surface area contributed by atoms with Gasteiger partial charge in [-0.2, -0.15) is 0 Å². The average Bonchev–Trinajstić information content (AvgIpc) is 2.64. The maximum absolute atomic E-state index is 14.0. The lowest BCUT2D eigenvalue weighted by molar-refractivity contribution is 0.0783. The molecule has 0 saturated carbocycles. The van der Waals surface area contributed by atoms with Gasteiger partial charge >= 0.3 is 0 Å². The Morgan fingerprint density at radius 3 is 2.64 bits per heavy atom. The van der Waals surface area contributed by atoms with E-state index in [1.165, 1.54) is 43.3 Å². The standard InChI is InChI=1S/C19H22ClFN2O4S/c1-13-7-8-14(28(25,26)22-9-10-27-3)11-15(13)19(24)23(2)12-16-17(20)5-4-6-18(16)21/h4-8,11,22H,9-10,12H2,1-3H3. The maximum atomic E-state index is 14.0. The van der Waals surface area contributed by atoms with Crippen LogP contribution in [0.5, 0.6) is 0 Å². The molecule has 1 amide bonds. The van der Waals surface area contributed by atoms with Crippen molar-refractivity contribution in [2.45, 2.75) is 18.4 Å². The highest BCUT2D eigenvalue weighted by atomic mass is 35.5. The second-order valence-corrected chi connectivity index (χ2v) is 8.40. The van der Waals surface area contributed by atoms with Gasteiger partial charge in [0.2, 0.25) is 10.0 Å². The van der Waals surface area contributed by atoms with Gasteiger partial charge in [-0.15, -0.1) is 0 Å². The smallest absolute Gasteiger partial charge is 0.254 e. The van der Waals surface area contributed by atoms with Crippen LogP contribution in [0, 0.1) is 12.7 Å². The molecule has 0 aliphatic heterocycles. The largest absolute Gasteiger partial charge is 0.383 e. The van der Waals surface area contributed by atoms with E-state index in [-0.39, 0.29) is 40.7 Å². The Kier molecular flexibility index (Phi) is 7.54. The summed E-state index contributed by atoms with van der Waals surface area (Å²) in [6.07, 6.45) is 0. The third-order valence-corrected chi connectivity index (χ3v) is 5.96. The zero-order valence-electron chi connectivity index (χ0n) is 15.8. The molecule has 0 unspecified atom stereocenters. The van der Waals surface area contributed by atoms with Crippen LogP contribution in [0.2, 0.25) is 5.02 Å². The Morgan fingerprint density at radius 2 is 2.00 bits per heavy atom. The van der Waals surface area contributed by atoms with E-state index in [4.69, 9.17) is 16.3 Å². The molecular formula is C19H22ClFN2O4S. The highest BCUT2D eigenvalue weighted by Crippen LogP contribution is 2.22. The van der Waals surface area contributed by atoms with Gasteiger partial charge in [0.25, 0.3) is 5.91 Å². The summed E-state index contributed by atoms with van der Waals surface area (Å²) in [7, 11) is -0.816. The molecule has 0 bridgehead atoms. The van der Waals surface area contributed by atoms with Crippen LogP contribution in [-0.2, 0) is 21.3 Å². The zero-order chi connectivity index (χ0) is 20.9. The Morgan fingerprint density at radius 1 is 1.29 bits per heavy atom. The number of methoxy groups -OCH3 is 1. The number of nitrogens with zero attached hydrogens (tertiary/aromatic N) is 1. The number of carbonyl (C=O) groups is 1. The Hall–Kier alpha value is -2.00. The lowest BCUT2D eigenvalue weighted by Gasteiger charge is -2.20. The quantitative estimate of drug-likeness (QED) is 0.656. The number of halogens is 2. The van der Waals surface area contributed by atoms with Gasteiger partial charge in [0.1, 0.15) is 5.82 Å². The van der Waals surface area contributed by atoms with Gasteiger partial charge in [0.15, 0.2) is 0 Å². The van der Waals surface area contributed by atoms with Crippen molar-refractivity contribution in [2.75, 3.05) is 27.3 Å². The molecule has 0 radical (unpaired) electrons. The molecule has 152 valence electrons. The van der Waals surface area contributed by atoms with E-state index in [0.29, 0.717) is 5.56 Å². The molecule has 0 atom stereocenters. The minimum atomic E-state index is -3.79. The summed E-state index contributed by atoms with van der Waals surface area (Å²) in [5.41, 5.74) is 1.01. The van der Waals surface area contributed by atoms with E-state index < -0.39 is 21.7 Å². The highest BCUT2D eigenvalue weighted by Gasteiger charge is 2.21. The number of hydrogen-bond acceptors (Lipinski definition) is 4. The minimum absolute atomic E-state index is 0.0325. The van der Waals surface area contributed by atoms with Crippen LogP contribution >= 0.6 is 11.6 Å². The Bertz CT molecular complexity index is 946. The number of nitrogens with one attached hydrogen (secondary N) is 1. The molecule has 2 aromatic carbocycles. The monoisotopic (exact) mass is 428 g/mol. The number of sulfonamides is 1. The average molecular weight is 429 g/mol. The lowest BCUT2D eigenvalue weighted by atomic mass is 10.1. The molecule has 0 heterocycles. The molecule has 0 fully saturated rings. The first-order chi connectivity index (χ1) is 13.2. The third kappa shape index (κ3) is 5.29. The van der Waals surface area contributed by atoms with Gasteiger partial charge in [-0.05, 0) is 36.8 Å². The molecule has 1 N–H and O–H groups in total. The molecule has 0 aromatic heterocycles. The molecule has 0 aliphatic rings. The van der Waals surface area contributed by atoms with E-state index in [1.54, 1.807) is 19.1 Å². The van der Waals surface area contributed by atoms with Crippen molar-refractivity contribution < 1.29 is 22.3 Å². The molecular weight excluding hydrogens is 407 g/mol. The summed E-state index contributed by atoms with van der Waals surface area (Å²) < 4.78 is 46.0. The Balaban J connectivity index is 2.27. The fourth-order valence-electron chi connectivity index (χ4n) is 2.56. The van der Waals surface area contributed by atoms with Gasteiger partial charge < -0.3 is 9.64 Å². The summed E-state index contributed by atoms with van der Waals surface area (Å²) in [4.78, 5) is 14.1. The molecule has 6 nitrogen and oxygen atoms in total. The van der Waals surface area contributed by atoms with Crippen molar-refractivity contribution in [3.05, 3.63) is 63.9 Å². The van der Waals surface area contributed by atoms with E-state index in [9.17, 15) is 17.6 Å². The molecule has 9 heteroatoms. The van der Waals surface area contributed by atoms with Crippen molar-refractivity contribution in [1.82, 2.24) is 9.62 Å². The minimum Gasteiger partial charge on any atom is -0.383 e. The van der Waals surface area contributed by atoms with Crippen LogP contribution in [0.3, 0.4) is 0 Å². The van der Waals surface area contributed by atoms with Gasteiger partial charge in [0.05, 0.1) is 11.5 Å². The number of amides is 1. The first-order valence-corrected chi connectivity index (χ1v) is 10.3. The zero-order valence-corrected chi connectivity index (χ0v) is 17.4. The number of ether oxygens (including phenoxy) is 1. The summed E-state index contributed by atoms with van der Waals surface area (Å²) >= 11 is 6.03. The number of benzene rings is 2. The topological polar surface area (TPSA) is 75.7 Å². The van der Waals surface area contributed by atoms with E-state index in [0.717, 1.165) is 0 Å². The van der Waals surface area contributed by atoms with Crippen LogP contribution in [0.1, 0.15) is 21.5 Å². The summed E-state index contributed by atoms with van der Waals surface area (Å²) in [6, 6.07) is 8.59. The summed E-state index contributed by atoms with van der Waals surface area (Å²) in [6.45, 7) is 1.99. The fourth-order valence-corrected chi connectivity index (χ4v) is 3.82. The van der Waals surface area contributed by atoms with Crippen molar-refractivity contribution in [2.24, 2.45) is 0 Å².